The van der Waals surface area contributed by atoms with Gasteiger partial charge in [-0.05, 0) is 29.8 Å². The van der Waals surface area contributed by atoms with Crippen LogP contribution in [-0.4, -0.2) is 33.4 Å². The predicted molar refractivity (Wildman–Crippen MR) is 97.8 cm³/mol. The number of aliphatic hydroxyl groups is 1. The molecule has 1 N–H and O–H groups in total. The van der Waals surface area contributed by atoms with Gasteiger partial charge >= 0.3 is 6.09 Å². The lowest BCUT2D eigenvalue weighted by atomic mass is 10.0. The summed E-state index contributed by atoms with van der Waals surface area (Å²) in [6.45, 7) is -0.101. The van der Waals surface area contributed by atoms with Crippen LogP contribution in [0.3, 0.4) is 0 Å². The lowest BCUT2D eigenvalue weighted by Gasteiger charge is -2.29. The zero-order valence-corrected chi connectivity index (χ0v) is 14.4. The Bertz CT molecular complexity index is 981. The van der Waals surface area contributed by atoms with Gasteiger partial charge in [0.15, 0.2) is 5.78 Å². The van der Waals surface area contributed by atoms with Gasteiger partial charge in [-0.25, -0.2) is 9.48 Å². The zero-order chi connectivity index (χ0) is 18.8. The molecule has 7 heteroatoms. The predicted octanol–water partition coefficient (Wildman–Crippen LogP) is 2.70. The van der Waals surface area contributed by atoms with Crippen LogP contribution in [0, 0.1) is 0 Å². The molecule has 0 radical (unpaired) electrons. The Morgan fingerprint density at radius 2 is 2.00 bits per heavy atom. The molecule has 0 atom stereocenters. The number of ketones is 1. The number of cyclic esters (lactones) is 1. The standard InChI is InChI=1S/C20H17N3O4/c24-12-19(25)15-4-5-16-13-27-20(26)22(18(16)10-15)11-14-2-6-17(7-3-14)23-9-1-8-21-23/h1-10,24H,11-13H2. The number of nitrogens with zero attached hydrogens (tertiary/aromatic N) is 3. The summed E-state index contributed by atoms with van der Waals surface area (Å²) < 4.78 is 6.99. The van der Waals surface area contributed by atoms with Gasteiger partial charge in [-0.2, -0.15) is 5.10 Å². The van der Waals surface area contributed by atoms with Crippen LogP contribution in [0.25, 0.3) is 5.69 Å². The van der Waals surface area contributed by atoms with E-state index in [1.165, 1.54) is 4.90 Å². The summed E-state index contributed by atoms with van der Waals surface area (Å²) in [4.78, 5) is 25.6. The molecule has 0 saturated carbocycles. The maximum atomic E-state index is 12.3. The van der Waals surface area contributed by atoms with Crippen molar-refractivity contribution >= 4 is 17.6 Å². The minimum atomic E-state index is -0.571. The number of fused-ring (bicyclic) bond motifs is 1. The van der Waals surface area contributed by atoms with Crippen molar-refractivity contribution in [2.24, 2.45) is 0 Å². The van der Waals surface area contributed by atoms with Gasteiger partial charge in [0.25, 0.3) is 0 Å². The van der Waals surface area contributed by atoms with Crippen LogP contribution in [0.5, 0.6) is 0 Å². The van der Waals surface area contributed by atoms with Crippen molar-refractivity contribution in [2.45, 2.75) is 13.2 Å². The maximum absolute atomic E-state index is 12.3. The summed E-state index contributed by atoms with van der Waals surface area (Å²) in [5.41, 5.74) is 3.64. The molecule has 0 bridgehead atoms. The highest BCUT2D eigenvalue weighted by Gasteiger charge is 2.26. The first kappa shape index (κ1) is 17.0. The van der Waals surface area contributed by atoms with Crippen LogP contribution in [0.1, 0.15) is 21.5 Å². The zero-order valence-electron chi connectivity index (χ0n) is 14.4. The van der Waals surface area contributed by atoms with Crippen molar-refractivity contribution in [1.82, 2.24) is 9.78 Å². The third kappa shape index (κ3) is 3.32. The summed E-state index contributed by atoms with van der Waals surface area (Å²) in [6, 6.07) is 14.5. The summed E-state index contributed by atoms with van der Waals surface area (Å²) in [7, 11) is 0. The number of Topliss-reactive ketones (excluding diaryl/α,β-unsaturated/α-hetero) is 1. The Morgan fingerprint density at radius 3 is 2.70 bits per heavy atom. The van der Waals surface area contributed by atoms with Gasteiger partial charge < -0.3 is 9.84 Å². The van der Waals surface area contributed by atoms with Crippen LogP contribution < -0.4 is 4.90 Å². The number of carbonyl (C=O) groups is 2. The lowest BCUT2D eigenvalue weighted by Crippen LogP contribution is -2.35. The van der Waals surface area contributed by atoms with E-state index in [1.54, 1.807) is 29.1 Å². The summed E-state index contributed by atoms with van der Waals surface area (Å²) in [6.07, 6.45) is 3.10. The molecule has 136 valence electrons. The molecule has 3 aromatic rings. The summed E-state index contributed by atoms with van der Waals surface area (Å²) in [5, 5.41) is 13.3. The number of amides is 1. The van der Waals surface area contributed by atoms with E-state index in [9.17, 15) is 9.59 Å². The van der Waals surface area contributed by atoms with Crippen LogP contribution in [0.15, 0.2) is 60.9 Å². The second-order valence-corrected chi connectivity index (χ2v) is 6.18. The van der Waals surface area contributed by atoms with Crippen LogP contribution in [-0.2, 0) is 17.9 Å². The average molecular weight is 363 g/mol. The van der Waals surface area contributed by atoms with Crippen molar-refractivity contribution in [3.8, 4) is 5.69 Å². The highest BCUT2D eigenvalue weighted by Crippen LogP contribution is 2.30. The number of carbonyl (C=O) groups excluding carboxylic acids is 2. The SMILES string of the molecule is O=C(CO)c1ccc2c(c1)N(Cc1ccc(-n3cccn3)cc1)C(=O)OC2. The molecule has 2 heterocycles. The topological polar surface area (TPSA) is 84.7 Å². The molecule has 1 aliphatic rings. The van der Waals surface area contributed by atoms with E-state index in [1.807, 2.05) is 36.5 Å². The largest absolute Gasteiger partial charge is 0.444 e. The molecule has 4 rings (SSSR count). The van der Waals surface area contributed by atoms with Gasteiger partial charge in [0.05, 0.1) is 17.9 Å². The fourth-order valence-corrected chi connectivity index (χ4v) is 3.03. The third-order valence-corrected chi connectivity index (χ3v) is 4.46. The summed E-state index contributed by atoms with van der Waals surface area (Å²) in [5.74, 6) is -0.389. The summed E-state index contributed by atoms with van der Waals surface area (Å²) >= 11 is 0. The first-order valence-electron chi connectivity index (χ1n) is 8.46. The van der Waals surface area contributed by atoms with Gasteiger partial charge in [0.2, 0.25) is 0 Å². The molecular formula is C20H17N3O4. The number of anilines is 1. The number of hydrogen-bond acceptors (Lipinski definition) is 5. The fourth-order valence-electron chi connectivity index (χ4n) is 3.03. The van der Waals surface area contributed by atoms with Crippen molar-refractivity contribution in [1.29, 1.82) is 0 Å². The van der Waals surface area contributed by atoms with Crippen molar-refractivity contribution < 1.29 is 19.4 Å². The molecule has 1 aromatic heterocycles. The maximum Gasteiger partial charge on any atom is 0.414 e. The van der Waals surface area contributed by atoms with E-state index >= 15 is 0 Å². The molecule has 0 fully saturated rings. The van der Waals surface area contributed by atoms with E-state index in [0.717, 1.165) is 16.8 Å². The lowest BCUT2D eigenvalue weighted by molar-refractivity contribution is 0.0903. The van der Waals surface area contributed by atoms with Crippen LogP contribution in [0.4, 0.5) is 10.5 Å². The Balaban J connectivity index is 1.62. The van der Waals surface area contributed by atoms with Crippen molar-refractivity contribution in [3.05, 3.63) is 77.6 Å². The second kappa shape index (κ2) is 7.05. The average Bonchev–Trinajstić information content (AvgIpc) is 3.24. The quantitative estimate of drug-likeness (QED) is 0.705. The highest BCUT2D eigenvalue weighted by molar-refractivity contribution is 5.99. The molecule has 7 nitrogen and oxygen atoms in total. The number of benzene rings is 2. The number of aromatic nitrogens is 2. The number of ether oxygens (including phenoxy) is 1. The molecular weight excluding hydrogens is 346 g/mol. The highest BCUT2D eigenvalue weighted by atomic mass is 16.6. The molecule has 1 aliphatic heterocycles. The van der Waals surface area contributed by atoms with E-state index in [0.29, 0.717) is 17.8 Å². The monoisotopic (exact) mass is 363 g/mol. The smallest absolute Gasteiger partial charge is 0.414 e. The number of aliphatic hydroxyl groups excluding tert-OH is 1. The van der Waals surface area contributed by atoms with Gasteiger partial charge in [-0.15, -0.1) is 0 Å². The number of hydrogen-bond donors (Lipinski definition) is 1. The van der Waals surface area contributed by atoms with E-state index in [-0.39, 0.29) is 12.4 Å². The molecule has 0 spiro atoms. The molecule has 0 saturated heterocycles. The van der Waals surface area contributed by atoms with E-state index in [2.05, 4.69) is 5.10 Å². The third-order valence-electron chi connectivity index (χ3n) is 4.46. The Morgan fingerprint density at radius 1 is 1.19 bits per heavy atom. The van der Waals surface area contributed by atoms with Gasteiger partial charge in [0.1, 0.15) is 13.2 Å². The minimum Gasteiger partial charge on any atom is -0.444 e. The van der Waals surface area contributed by atoms with E-state index < -0.39 is 12.7 Å². The first-order valence-corrected chi connectivity index (χ1v) is 8.46. The second-order valence-electron chi connectivity index (χ2n) is 6.18. The molecule has 1 amide bonds. The number of rotatable bonds is 5. The molecule has 2 aromatic carbocycles. The normalized spacial score (nSPS) is 13.2. The molecule has 0 aliphatic carbocycles. The Labute approximate surface area is 155 Å². The van der Waals surface area contributed by atoms with Gasteiger partial charge in [0, 0.05) is 23.5 Å². The van der Waals surface area contributed by atoms with Crippen LogP contribution >= 0.6 is 0 Å². The Kier molecular flexibility index (Phi) is 4.43. The minimum absolute atomic E-state index is 0.163. The van der Waals surface area contributed by atoms with E-state index in [4.69, 9.17) is 9.84 Å². The van der Waals surface area contributed by atoms with Crippen LogP contribution in [0.2, 0.25) is 0 Å². The van der Waals surface area contributed by atoms with Gasteiger partial charge in [-0.1, -0.05) is 24.3 Å². The van der Waals surface area contributed by atoms with Crippen molar-refractivity contribution in [3.63, 3.8) is 0 Å². The fraction of sp³-hybridized carbons (Fsp3) is 0.150. The molecule has 27 heavy (non-hydrogen) atoms. The van der Waals surface area contributed by atoms with Crippen molar-refractivity contribution in [2.75, 3.05) is 11.5 Å². The first-order chi connectivity index (χ1) is 13.2. The Hall–Kier alpha value is -3.45. The van der Waals surface area contributed by atoms with Gasteiger partial charge in [-0.3, -0.25) is 9.69 Å². The molecule has 0 unspecified atom stereocenters.